The molecule has 1 fully saturated rings. The highest BCUT2D eigenvalue weighted by molar-refractivity contribution is 6.32. The number of hydrogen-bond donors (Lipinski definition) is 0. The molecule has 0 aromatic heterocycles. The standard InChI is InChI=1S/C19H20ClNO2/c20-17-10-14(11-18-19(17)23-9-8-22-18)12-21-7-6-16(13-21)15-4-2-1-3-5-15/h1-5,10-11,16H,6-9,12-13H2/t16-/m1/s1. The van der Waals surface area contributed by atoms with Gasteiger partial charge in [0.25, 0.3) is 0 Å². The van der Waals surface area contributed by atoms with Crippen LogP contribution in [0.2, 0.25) is 5.02 Å². The molecule has 4 heteroatoms. The lowest BCUT2D eigenvalue weighted by atomic mass is 9.99. The molecule has 0 radical (unpaired) electrons. The van der Waals surface area contributed by atoms with Gasteiger partial charge in [-0.1, -0.05) is 41.9 Å². The zero-order chi connectivity index (χ0) is 15.6. The molecule has 2 aliphatic heterocycles. The maximum atomic E-state index is 6.33. The van der Waals surface area contributed by atoms with Gasteiger partial charge in [-0.05, 0) is 42.1 Å². The lowest BCUT2D eigenvalue weighted by Gasteiger charge is -2.22. The van der Waals surface area contributed by atoms with Crippen molar-refractivity contribution in [1.82, 2.24) is 4.90 Å². The Morgan fingerprint density at radius 1 is 1.09 bits per heavy atom. The zero-order valence-electron chi connectivity index (χ0n) is 13.0. The summed E-state index contributed by atoms with van der Waals surface area (Å²) >= 11 is 6.33. The number of nitrogens with zero attached hydrogens (tertiary/aromatic N) is 1. The first-order valence-corrected chi connectivity index (χ1v) is 8.53. The van der Waals surface area contributed by atoms with Crippen LogP contribution >= 0.6 is 11.6 Å². The first kappa shape index (κ1) is 14.9. The summed E-state index contributed by atoms with van der Waals surface area (Å²) in [6.07, 6.45) is 1.21. The van der Waals surface area contributed by atoms with E-state index in [1.165, 1.54) is 17.5 Å². The predicted octanol–water partition coefficient (Wildman–Crippen LogP) is 4.10. The number of rotatable bonds is 3. The van der Waals surface area contributed by atoms with Crippen molar-refractivity contribution in [3.8, 4) is 11.5 Å². The van der Waals surface area contributed by atoms with E-state index in [2.05, 4.69) is 41.3 Å². The number of ether oxygens (including phenoxy) is 2. The summed E-state index contributed by atoms with van der Waals surface area (Å²) in [5, 5.41) is 0.649. The zero-order valence-corrected chi connectivity index (χ0v) is 13.8. The van der Waals surface area contributed by atoms with Gasteiger partial charge in [-0.25, -0.2) is 0 Å². The van der Waals surface area contributed by atoms with Crippen LogP contribution in [0.5, 0.6) is 11.5 Å². The number of halogens is 1. The molecule has 23 heavy (non-hydrogen) atoms. The fourth-order valence-electron chi connectivity index (χ4n) is 3.49. The molecule has 1 saturated heterocycles. The first-order valence-electron chi connectivity index (χ1n) is 8.15. The summed E-state index contributed by atoms with van der Waals surface area (Å²) in [5.41, 5.74) is 2.63. The van der Waals surface area contributed by atoms with E-state index in [0.717, 1.165) is 25.4 Å². The molecule has 2 aromatic rings. The van der Waals surface area contributed by atoms with Crippen molar-refractivity contribution in [3.05, 3.63) is 58.6 Å². The summed E-state index contributed by atoms with van der Waals surface area (Å²) in [6.45, 7) is 4.27. The molecule has 0 amide bonds. The fourth-order valence-corrected chi connectivity index (χ4v) is 3.78. The molecule has 120 valence electrons. The van der Waals surface area contributed by atoms with E-state index in [-0.39, 0.29) is 0 Å². The van der Waals surface area contributed by atoms with Crippen LogP contribution in [0.25, 0.3) is 0 Å². The normalized spacial score (nSPS) is 20.7. The second-order valence-corrected chi connectivity index (χ2v) is 6.64. The van der Waals surface area contributed by atoms with Crippen LogP contribution in [0, 0.1) is 0 Å². The average Bonchev–Trinajstić information content (AvgIpc) is 3.04. The molecule has 2 aromatic carbocycles. The van der Waals surface area contributed by atoms with Crippen molar-refractivity contribution < 1.29 is 9.47 Å². The molecule has 4 rings (SSSR count). The number of fused-ring (bicyclic) bond motifs is 1. The summed E-state index contributed by atoms with van der Waals surface area (Å²) in [6, 6.07) is 14.9. The Balaban J connectivity index is 1.46. The van der Waals surface area contributed by atoms with E-state index in [0.29, 0.717) is 29.9 Å². The third kappa shape index (κ3) is 3.17. The third-order valence-electron chi connectivity index (χ3n) is 4.61. The van der Waals surface area contributed by atoms with Crippen molar-refractivity contribution in [2.75, 3.05) is 26.3 Å². The van der Waals surface area contributed by atoms with Gasteiger partial charge < -0.3 is 9.47 Å². The maximum absolute atomic E-state index is 6.33. The molecule has 2 heterocycles. The molecule has 0 unspecified atom stereocenters. The quantitative estimate of drug-likeness (QED) is 0.846. The van der Waals surface area contributed by atoms with E-state index in [1.54, 1.807) is 0 Å². The molecule has 2 aliphatic rings. The summed E-state index contributed by atoms with van der Waals surface area (Å²) in [7, 11) is 0. The number of hydrogen-bond acceptors (Lipinski definition) is 3. The Kier molecular flexibility index (Phi) is 4.15. The largest absolute Gasteiger partial charge is 0.486 e. The minimum atomic E-state index is 0.566. The highest BCUT2D eigenvalue weighted by Crippen LogP contribution is 2.39. The van der Waals surface area contributed by atoms with Crippen molar-refractivity contribution in [3.63, 3.8) is 0 Å². The predicted molar refractivity (Wildman–Crippen MR) is 91.5 cm³/mol. The van der Waals surface area contributed by atoms with Gasteiger partial charge in [0.05, 0.1) is 5.02 Å². The van der Waals surface area contributed by atoms with Crippen LogP contribution in [0.15, 0.2) is 42.5 Å². The fraction of sp³-hybridized carbons (Fsp3) is 0.368. The summed E-state index contributed by atoms with van der Waals surface area (Å²) in [5.74, 6) is 2.09. The Hall–Kier alpha value is -1.71. The molecular weight excluding hydrogens is 310 g/mol. The molecule has 0 spiro atoms. The smallest absolute Gasteiger partial charge is 0.179 e. The monoisotopic (exact) mass is 329 g/mol. The van der Waals surface area contributed by atoms with Crippen molar-refractivity contribution >= 4 is 11.6 Å². The Bertz CT molecular complexity index is 689. The van der Waals surface area contributed by atoms with E-state index in [9.17, 15) is 0 Å². The second-order valence-electron chi connectivity index (χ2n) is 6.23. The minimum Gasteiger partial charge on any atom is -0.486 e. The topological polar surface area (TPSA) is 21.7 Å². The first-order chi connectivity index (χ1) is 11.3. The number of benzene rings is 2. The summed E-state index contributed by atoms with van der Waals surface area (Å²) < 4.78 is 11.3. The van der Waals surface area contributed by atoms with E-state index < -0.39 is 0 Å². The Morgan fingerprint density at radius 2 is 1.91 bits per heavy atom. The molecule has 0 bridgehead atoms. The molecular formula is C19H20ClNO2. The van der Waals surface area contributed by atoms with Crippen LogP contribution < -0.4 is 9.47 Å². The van der Waals surface area contributed by atoms with Gasteiger partial charge in [-0.15, -0.1) is 0 Å². The summed E-state index contributed by atoms with van der Waals surface area (Å²) in [4.78, 5) is 2.49. The average molecular weight is 330 g/mol. The highest BCUT2D eigenvalue weighted by atomic mass is 35.5. The number of likely N-dealkylation sites (tertiary alicyclic amines) is 1. The van der Waals surface area contributed by atoms with Crippen LogP contribution in [0.1, 0.15) is 23.5 Å². The van der Waals surface area contributed by atoms with Gasteiger partial charge in [0.2, 0.25) is 0 Å². The van der Waals surface area contributed by atoms with Gasteiger partial charge in [-0.3, -0.25) is 4.90 Å². The Labute approximate surface area is 141 Å². The molecule has 0 N–H and O–H groups in total. The van der Waals surface area contributed by atoms with Gasteiger partial charge in [0, 0.05) is 13.1 Å². The SMILES string of the molecule is Clc1cc(CN2CC[C@@H](c3ccccc3)C2)cc2c1OCCO2. The third-order valence-corrected chi connectivity index (χ3v) is 4.89. The highest BCUT2D eigenvalue weighted by Gasteiger charge is 2.24. The molecule has 0 aliphatic carbocycles. The van der Waals surface area contributed by atoms with Crippen molar-refractivity contribution in [2.45, 2.75) is 18.9 Å². The maximum Gasteiger partial charge on any atom is 0.179 e. The van der Waals surface area contributed by atoms with Crippen LogP contribution in [0.4, 0.5) is 0 Å². The second kappa shape index (κ2) is 6.42. The molecule has 1 atom stereocenters. The van der Waals surface area contributed by atoms with Crippen molar-refractivity contribution in [1.29, 1.82) is 0 Å². The van der Waals surface area contributed by atoms with Gasteiger partial charge in [0.15, 0.2) is 11.5 Å². The van der Waals surface area contributed by atoms with Gasteiger partial charge in [0.1, 0.15) is 13.2 Å². The molecule has 3 nitrogen and oxygen atoms in total. The van der Waals surface area contributed by atoms with Crippen molar-refractivity contribution in [2.24, 2.45) is 0 Å². The van der Waals surface area contributed by atoms with Gasteiger partial charge >= 0.3 is 0 Å². The van der Waals surface area contributed by atoms with Gasteiger partial charge in [-0.2, -0.15) is 0 Å². The van der Waals surface area contributed by atoms with E-state index >= 15 is 0 Å². The van der Waals surface area contributed by atoms with E-state index in [4.69, 9.17) is 21.1 Å². The van der Waals surface area contributed by atoms with E-state index in [1.807, 2.05) is 6.07 Å². The minimum absolute atomic E-state index is 0.566. The van der Waals surface area contributed by atoms with Crippen LogP contribution in [-0.4, -0.2) is 31.2 Å². The van der Waals surface area contributed by atoms with Crippen LogP contribution in [0.3, 0.4) is 0 Å². The Morgan fingerprint density at radius 3 is 2.78 bits per heavy atom. The lowest BCUT2D eigenvalue weighted by molar-refractivity contribution is 0.171. The molecule has 0 saturated carbocycles. The van der Waals surface area contributed by atoms with Crippen LogP contribution in [-0.2, 0) is 6.54 Å². The lowest BCUT2D eigenvalue weighted by Crippen LogP contribution is -2.20.